The molecule has 0 saturated carbocycles. The molecule has 0 amide bonds. The summed E-state index contributed by atoms with van der Waals surface area (Å²) in [5.41, 5.74) is 0. The Labute approximate surface area is 84.7 Å². The Morgan fingerprint density at radius 2 is 1.92 bits per heavy atom. The number of rotatable bonds is 6. The fourth-order valence-electron chi connectivity index (χ4n) is 1.03. The highest BCUT2D eigenvalue weighted by Crippen LogP contribution is 2.08. The van der Waals surface area contributed by atoms with Crippen molar-refractivity contribution in [1.82, 2.24) is 0 Å². The van der Waals surface area contributed by atoms with E-state index in [1.54, 1.807) is 0 Å². The summed E-state index contributed by atoms with van der Waals surface area (Å²) in [5.74, 6) is 1.67. The van der Waals surface area contributed by atoms with Gasteiger partial charge in [-0.05, 0) is 37.5 Å². The molecule has 0 aliphatic heterocycles. The topological polar surface area (TPSA) is 9.23 Å². The fraction of sp³-hybridized carbons (Fsp3) is 0.455. The average Bonchev–Trinajstić information content (AvgIpc) is 2.19. The summed E-state index contributed by atoms with van der Waals surface area (Å²) in [4.78, 5) is 0. The predicted molar refractivity (Wildman–Crippen MR) is 55.3 cm³/mol. The van der Waals surface area contributed by atoms with E-state index in [0.29, 0.717) is 0 Å². The zero-order chi connectivity index (χ0) is 9.36. The van der Waals surface area contributed by atoms with E-state index in [0.717, 1.165) is 37.5 Å². The molecule has 0 saturated heterocycles. The van der Waals surface area contributed by atoms with Crippen LogP contribution in [0.1, 0.15) is 19.3 Å². The molecular weight excluding hydrogens is 184 g/mol. The van der Waals surface area contributed by atoms with Gasteiger partial charge in [-0.3, -0.25) is 0 Å². The van der Waals surface area contributed by atoms with Crippen LogP contribution in [0.5, 0.6) is 5.75 Å². The molecule has 1 radical (unpaired) electrons. The van der Waals surface area contributed by atoms with Gasteiger partial charge in [-0.1, -0.05) is 12.1 Å². The molecule has 0 unspecified atom stereocenters. The first kappa shape index (κ1) is 10.4. The maximum absolute atomic E-state index is 5.55. The van der Waals surface area contributed by atoms with Crippen molar-refractivity contribution < 1.29 is 4.74 Å². The highest BCUT2D eigenvalue weighted by molar-refractivity contribution is 6.17. The lowest BCUT2D eigenvalue weighted by molar-refractivity contribution is 0.306. The number of hydrogen-bond acceptors (Lipinski definition) is 1. The van der Waals surface area contributed by atoms with E-state index in [1.165, 1.54) is 0 Å². The first-order chi connectivity index (χ1) is 6.43. The van der Waals surface area contributed by atoms with Gasteiger partial charge in [-0.25, -0.2) is 0 Å². The van der Waals surface area contributed by atoms with E-state index in [4.69, 9.17) is 16.3 Å². The van der Waals surface area contributed by atoms with Crippen LogP contribution in [-0.2, 0) is 0 Å². The lowest BCUT2D eigenvalue weighted by Gasteiger charge is -2.04. The highest BCUT2D eigenvalue weighted by Gasteiger charge is 1.91. The molecule has 0 spiro atoms. The zero-order valence-electron chi connectivity index (χ0n) is 7.63. The number of unbranched alkanes of at least 4 members (excludes halogenated alkanes) is 2. The molecule has 1 aromatic carbocycles. The zero-order valence-corrected chi connectivity index (χ0v) is 8.39. The number of alkyl halides is 1. The second kappa shape index (κ2) is 6.79. The number of hydrogen-bond donors (Lipinski definition) is 0. The van der Waals surface area contributed by atoms with Gasteiger partial charge < -0.3 is 4.74 Å². The summed E-state index contributed by atoms with van der Waals surface area (Å²) in [6, 6.07) is 10.5. The Morgan fingerprint density at radius 3 is 2.62 bits per heavy atom. The van der Waals surface area contributed by atoms with Crippen LogP contribution in [0.3, 0.4) is 0 Å². The van der Waals surface area contributed by atoms with Crippen molar-refractivity contribution in [2.45, 2.75) is 19.3 Å². The molecule has 1 rings (SSSR count). The van der Waals surface area contributed by atoms with Crippen LogP contribution in [0.25, 0.3) is 0 Å². The predicted octanol–water partition coefficient (Wildman–Crippen LogP) is 3.27. The Hall–Kier alpha value is -0.690. The largest absolute Gasteiger partial charge is 0.494 e. The summed E-state index contributed by atoms with van der Waals surface area (Å²) < 4.78 is 5.49. The van der Waals surface area contributed by atoms with Crippen molar-refractivity contribution in [2.24, 2.45) is 0 Å². The third-order valence-corrected chi connectivity index (χ3v) is 2.00. The number of ether oxygens (including phenoxy) is 1. The van der Waals surface area contributed by atoms with Crippen molar-refractivity contribution in [3.8, 4) is 5.75 Å². The van der Waals surface area contributed by atoms with Crippen LogP contribution >= 0.6 is 11.6 Å². The first-order valence-electron chi connectivity index (χ1n) is 4.58. The summed E-state index contributed by atoms with van der Waals surface area (Å²) in [5, 5.41) is 0. The molecule has 71 valence electrons. The molecule has 2 heteroatoms. The normalized spacial score (nSPS) is 9.92. The molecule has 0 atom stereocenters. The summed E-state index contributed by atoms with van der Waals surface area (Å²) >= 11 is 5.55. The van der Waals surface area contributed by atoms with E-state index in [-0.39, 0.29) is 0 Å². The molecule has 13 heavy (non-hydrogen) atoms. The minimum atomic E-state index is 0.750. The third kappa shape index (κ3) is 4.79. The van der Waals surface area contributed by atoms with Crippen LogP contribution in [0, 0.1) is 6.07 Å². The van der Waals surface area contributed by atoms with E-state index >= 15 is 0 Å². The van der Waals surface area contributed by atoms with Crippen LogP contribution < -0.4 is 4.74 Å². The minimum absolute atomic E-state index is 0.750. The van der Waals surface area contributed by atoms with Gasteiger partial charge in [0, 0.05) is 5.88 Å². The molecule has 1 nitrogen and oxygen atoms in total. The quantitative estimate of drug-likeness (QED) is 0.503. The Bertz CT molecular complexity index is 211. The summed E-state index contributed by atoms with van der Waals surface area (Å²) in [6.07, 6.45) is 3.29. The van der Waals surface area contributed by atoms with Gasteiger partial charge in [0.15, 0.2) is 0 Å². The number of halogens is 1. The Balaban J connectivity index is 2.07. The van der Waals surface area contributed by atoms with E-state index in [9.17, 15) is 0 Å². The summed E-state index contributed by atoms with van der Waals surface area (Å²) in [6.45, 7) is 0.779. The van der Waals surface area contributed by atoms with Crippen LogP contribution in [-0.4, -0.2) is 12.5 Å². The molecule has 0 aliphatic carbocycles. The molecule has 0 aliphatic rings. The van der Waals surface area contributed by atoms with Gasteiger partial charge in [0.2, 0.25) is 0 Å². The molecular formula is C11H14ClO. The molecule has 1 aromatic rings. The first-order valence-corrected chi connectivity index (χ1v) is 5.12. The average molecular weight is 198 g/mol. The molecule has 0 fully saturated rings. The van der Waals surface area contributed by atoms with Crippen molar-refractivity contribution in [3.05, 3.63) is 30.3 Å². The van der Waals surface area contributed by atoms with Crippen LogP contribution in [0.2, 0.25) is 0 Å². The summed E-state index contributed by atoms with van der Waals surface area (Å²) in [7, 11) is 0. The van der Waals surface area contributed by atoms with Crippen molar-refractivity contribution in [2.75, 3.05) is 12.5 Å². The smallest absolute Gasteiger partial charge is 0.119 e. The Kier molecular flexibility index (Phi) is 5.42. The number of benzene rings is 1. The van der Waals surface area contributed by atoms with Gasteiger partial charge in [-0.2, -0.15) is 0 Å². The maximum Gasteiger partial charge on any atom is 0.119 e. The van der Waals surface area contributed by atoms with Crippen LogP contribution in [0.15, 0.2) is 24.3 Å². The van der Waals surface area contributed by atoms with Gasteiger partial charge >= 0.3 is 0 Å². The van der Waals surface area contributed by atoms with Crippen molar-refractivity contribution in [3.63, 3.8) is 0 Å². The van der Waals surface area contributed by atoms with Gasteiger partial charge in [0.25, 0.3) is 0 Å². The minimum Gasteiger partial charge on any atom is -0.494 e. The standard InChI is InChI=1S/C11H14ClO/c12-9-5-2-6-10-13-11-7-3-1-4-8-11/h3-4,7-8H,2,5-6,9-10H2. The Morgan fingerprint density at radius 1 is 1.15 bits per heavy atom. The second-order valence-corrected chi connectivity index (χ2v) is 3.21. The van der Waals surface area contributed by atoms with Gasteiger partial charge in [0.05, 0.1) is 6.61 Å². The molecule has 0 N–H and O–H groups in total. The van der Waals surface area contributed by atoms with E-state index in [2.05, 4.69) is 6.07 Å². The lowest BCUT2D eigenvalue weighted by atomic mass is 10.3. The van der Waals surface area contributed by atoms with Crippen molar-refractivity contribution in [1.29, 1.82) is 0 Å². The fourth-order valence-corrected chi connectivity index (χ4v) is 1.22. The van der Waals surface area contributed by atoms with E-state index in [1.807, 2.05) is 24.3 Å². The lowest BCUT2D eigenvalue weighted by Crippen LogP contribution is -1.96. The van der Waals surface area contributed by atoms with E-state index < -0.39 is 0 Å². The molecule has 0 bridgehead atoms. The highest BCUT2D eigenvalue weighted by atomic mass is 35.5. The monoisotopic (exact) mass is 197 g/mol. The molecule has 0 heterocycles. The van der Waals surface area contributed by atoms with Gasteiger partial charge in [0.1, 0.15) is 5.75 Å². The molecule has 0 aromatic heterocycles. The second-order valence-electron chi connectivity index (χ2n) is 2.83. The van der Waals surface area contributed by atoms with Crippen LogP contribution in [0.4, 0.5) is 0 Å². The SMILES string of the molecule is ClCCCCCOc1cc[c]cc1. The van der Waals surface area contributed by atoms with Gasteiger partial charge in [-0.15, -0.1) is 11.6 Å². The third-order valence-electron chi connectivity index (χ3n) is 1.73. The van der Waals surface area contributed by atoms with Crippen molar-refractivity contribution >= 4 is 11.6 Å². The maximum atomic E-state index is 5.55.